The average Bonchev–Trinajstić information content (AvgIpc) is 2.79. The average molecular weight is 459 g/mol. The quantitative estimate of drug-likeness (QED) is 0.674. The second-order valence-corrected chi connectivity index (χ2v) is 8.15. The predicted molar refractivity (Wildman–Crippen MR) is 120 cm³/mol. The van der Waals surface area contributed by atoms with Gasteiger partial charge >= 0.3 is 12.0 Å². The lowest BCUT2D eigenvalue weighted by Crippen LogP contribution is -2.51. The highest BCUT2D eigenvalue weighted by Crippen LogP contribution is 2.29. The van der Waals surface area contributed by atoms with Crippen LogP contribution in [0.2, 0.25) is 5.02 Å². The van der Waals surface area contributed by atoms with Crippen LogP contribution in [0, 0.1) is 5.82 Å². The van der Waals surface area contributed by atoms with Crippen molar-refractivity contribution in [2.75, 3.05) is 44.7 Å². The van der Waals surface area contributed by atoms with Crippen molar-refractivity contribution in [2.24, 2.45) is 0 Å². The Morgan fingerprint density at radius 3 is 2.53 bits per heavy atom. The van der Waals surface area contributed by atoms with Crippen LogP contribution in [0.1, 0.15) is 11.6 Å². The molecule has 2 heterocycles. The summed E-state index contributed by atoms with van der Waals surface area (Å²) >= 11 is 6.13. The molecule has 2 aliphatic heterocycles. The Labute approximate surface area is 190 Å². The SMILES string of the molecule is COC(=O)C1=C(CN2CCN(c3ccc(F)cc3)CC2)NC(=O)NC1c1cccc(Cl)c1. The molecule has 0 spiro atoms. The second kappa shape index (κ2) is 9.58. The number of carbonyl (C=O) groups is 2. The molecule has 0 aliphatic carbocycles. The van der Waals surface area contributed by atoms with Gasteiger partial charge in [0.2, 0.25) is 0 Å². The molecule has 2 amide bonds. The van der Waals surface area contributed by atoms with Crippen LogP contribution in [0.25, 0.3) is 0 Å². The van der Waals surface area contributed by atoms with Gasteiger partial charge in [-0.05, 0) is 42.0 Å². The van der Waals surface area contributed by atoms with Crippen LogP contribution >= 0.6 is 11.6 Å². The summed E-state index contributed by atoms with van der Waals surface area (Å²) in [6.45, 7) is 3.33. The molecule has 2 aromatic carbocycles. The number of nitrogens with zero attached hydrogens (tertiary/aromatic N) is 2. The maximum atomic E-state index is 13.2. The Morgan fingerprint density at radius 2 is 1.88 bits per heavy atom. The molecule has 9 heteroatoms. The molecule has 1 fully saturated rings. The third-order valence-corrected chi connectivity index (χ3v) is 5.92. The molecule has 2 N–H and O–H groups in total. The third kappa shape index (κ3) is 4.87. The van der Waals surface area contributed by atoms with Gasteiger partial charge in [0.05, 0.1) is 18.7 Å². The molecule has 2 aromatic rings. The summed E-state index contributed by atoms with van der Waals surface area (Å²) in [5, 5.41) is 6.10. The highest BCUT2D eigenvalue weighted by atomic mass is 35.5. The minimum Gasteiger partial charge on any atom is -0.466 e. The van der Waals surface area contributed by atoms with Gasteiger partial charge in [0.1, 0.15) is 5.82 Å². The van der Waals surface area contributed by atoms with Crippen LogP contribution in [0.3, 0.4) is 0 Å². The van der Waals surface area contributed by atoms with Crippen molar-refractivity contribution in [2.45, 2.75) is 6.04 Å². The van der Waals surface area contributed by atoms with Crippen molar-refractivity contribution >= 4 is 29.3 Å². The minimum absolute atomic E-state index is 0.259. The normalized spacial score (nSPS) is 19.4. The first kappa shape index (κ1) is 22.1. The van der Waals surface area contributed by atoms with Crippen LogP contribution < -0.4 is 15.5 Å². The number of piperazine rings is 1. The lowest BCUT2D eigenvalue weighted by atomic mass is 9.95. The van der Waals surface area contributed by atoms with Crippen LogP contribution in [0.5, 0.6) is 0 Å². The Morgan fingerprint density at radius 1 is 1.16 bits per heavy atom. The lowest BCUT2D eigenvalue weighted by Gasteiger charge is -2.38. The second-order valence-electron chi connectivity index (χ2n) is 7.71. The van der Waals surface area contributed by atoms with Crippen molar-refractivity contribution in [1.82, 2.24) is 15.5 Å². The summed E-state index contributed by atoms with van der Waals surface area (Å²) in [5.41, 5.74) is 2.54. The van der Waals surface area contributed by atoms with E-state index in [4.69, 9.17) is 16.3 Å². The maximum Gasteiger partial charge on any atom is 0.338 e. The number of halogens is 2. The molecule has 7 nitrogen and oxygen atoms in total. The number of amides is 2. The highest BCUT2D eigenvalue weighted by Gasteiger charge is 2.34. The Kier molecular flexibility index (Phi) is 6.62. The summed E-state index contributed by atoms with van der Waals surface area (Å²) in [6, 6.07) is 12.4. The molecule has 0 aromatic heterocycles. The molecule has 1 saturated heterocycles. The molecule has 168 valence electrons. The predicted octanol–water partition coefficient (Wildman–Crippen LogP) is 3.08. The first-order chi connectivity index (χ1) is 15.4. The van der Waals surface area contributed by atoms with Crippen LogP contribution in [-0.2, 0) is 9.53 Å². The smallest absolute Gasteiger partial charge is 0.338 e. The van der Waals surface area contributed by atoms with E-state index >= 15 is 0 Å². The zero-order chi connectivity index (χ0) is 22.7. The van der Waals surface area contributed by atoms with Gasteiger partial charge < -0.3 is 20.3 Å². The van der Waals surface area contributed by atoms with Gasteiger partial charge in [-0.3, -0.25) is 4.90 Å². The molecular weight excluding hydrogens is 435 g/mol. The molecule has 4 rings (SSSR count). The number of nitrogens with one attached hydrogen (secondary N) is 2. The summed E-state index contributed by atoms with van der Waals surface area (Å²) in [6.07, 6.45) is 0. The number of rotatable bonds is 5. The van der Waals surface area contributed by atoms with E-state index in [-0.39, 0.29) is 11.8 Å². The zero-order valence-electron chi connectivity index (χ0n) is 17.6. The van der Waals surface area contributed by atoms with Gasteiger partial charge in [-0.25, -0.2) is 14.0 Å². The van der Waals surface area contributed by atoms with Crippen molar-refractivity contribution in [3.8, 4) is 0 Å². The van der Waals surface area contributed by atoms with Crippen LogP contribution in [0.4, 0.5) is 14.9 Å². The number of ether oxygens (including phenoxy) is 1. The highest BCUT2D eigenvalue weighted by molar-refractivity contribution is 6.30. The van der Waals surface area contributed by atoms with E-state index in [1.165, 1.54) is 19.2 Å². The van der Waals surface area contributed by atoms with Crippen molar-refractivity contribution < 1.29 is 18.7 Å². The Bertz CT molecular complexity index is 1040. The van der Waals surface area contributed by atoms with Gasteiger partial charge in [0.15, 0.2) is 0 Å². The molecule has 0 bridgehead atoms. The fourth-order valence-corrected chi connectivity index (χ4v) is 4.27. The topological polar surface area (TPSA) is 73.9 Å². The standard InChI is InChI=1S/C23H24ClFN4O3/c1-32-22(30)20-19(26-23(31)27-21(20)15-3-2-4-16(24)13-15)14-28-9-11-29(12-10-28)18-7-5-17(25)6-8-18/h2-8,13,21H,9-12,14H2,1H3,(H2,26,27,31). The number of urea groups is 1. The van der Waals surface area contributed by atoms with Gasteiger partial charge in [0, 0.05) is 49.1 Å². The number of methoxy groups -OCH3 is 1. The summed E-state index contributed by atoms with van der Waals surface area (Å²) < 4.78 is 18.2. The molecule has 1 atom stereocenters. The summed E-state index contributed by atoms with van der Waals surface area (Å²) in [7, 11) is 1.32. The maximum absolute atomic E-state index is 13.2. The van der Waals surface area contributed by atoms with Gasteiger partial charge in [-0.2, -0.15) is 0 Å². The number of benzene rings is 2. The first-order valence-electron chi connectivity index (χ1n) is 10.3. The van der Waals surface area contributed by atoms with Crippen molar-refractivity contribution in [3.63, 3.8) is 0 Å². The monoisotopic (exact) mass is 458 g/mol. The molecule has 32 heavy (non-hydrogen) atoms. The summed E-state index contributed by atoms with van der Waals surface area (Å²) in [5.74, 6) is -0.770. The molecule has 0 radical (unpaired) electrons. The van der Waals surface area contributed by atoms with Crippen molar-refractivity contribution in [1.29, 1.82) is 0 Å². The molecule has 1 unspecified atom stereocenters. The van der Waals surface area contributed by atoms with Crippen LogP contribution in [0.15, 0.2) is 59.8 Å². The number of carbonyl (C=O) groups excluding carboxylic acids is 2. The largest absolute Gasteiger partial charge is 0.466 e. The Balaban J connectivity index is 1.54. The molecular formula is C23H24ClFN4O3. The van der Waals surface area contributed by atoms with E-state index in [0.29, 0.717) is 28.4 Å². The molecule has 0 saturated carbocycles. The van der Waals surface area contributed by atoms with E-state index in [9.17, 15) is 14.0 Å². The summed E-state index contributed by atoms with van der Waals surface area (Å²) in [4.78, 5) is 29.5. The van der Waals surface area contributed by atoms with E-state index in [1.807, 2.05) is 6.07 Å². The number of anilines is 1. The Hall–Kier alpha value is -3.10. The number of esters is 1. The number of hydrogen-bond donors (Lipinski definition) is 2. The van der Waals surface area contributed by atoms with E-state index in [0.717, 1.165) is 31.9 Å². The fourth-order valence-electron chi connectivity index (χ4n) is 4.07. The van der Waals surface area contributed by atoms with E-state index < -0.39 is 12.0 Å². The fraction of sp³-hybridized carbons (Fsp3) is 0.304. The first-order valence-corrected chi connectivity index (χ1v) is 10.7. The van der Waals surface area contributed by atoms with Gasteiger partial charge in [-0.1, -0.05) is 23.7 Å². The minimum atomic E-state index is -0.662. The van der Waals surface area contributed by atoms with Crippen molar-refractivity contribution in [3.05, 3.63) is 76.2 Å². The van der Waals surface area contributed by atoms with E-state index in [2.05, 4.69) is 20.4 Å². The van der Waals surface area contributed by atoms with Gasteiger partial charge in [0.25, 0.3) is 0 Å². The third-order valence-electron chi connectivity index (χ3n) is 5.69. The van der Waals surface area contributed by atoms with E-state index in [1.54, 1.807) is 30.3 Å². The number of hydrogen-bond acceptors (Lipinski definition) is 5. The zero-order valence-corrected chi connectivity index (χ0v) is 18.4. The molecule has 2 aliphatic rings. The van der Waals surface area contributed by atoms with Gasteiger partial charge in [-0.15, -0.1) is 0 Å². The lowest BCUT2D eigenvalue weighted by molar-refractivity contribution is -0.136. The van der Waals surface area contributed by atoms with Crippen LogP contribution in [-0.4, -0.2) is 56.7 Å².